The number of unbranched alkanes of at least 4 members (excludes halogenated alkanes) is 28. The molecule has 0 aliphatic heterocycles. The second-order valence-corrected chi connectivity index (χ2v) is 16.5. The number of carboxylic acids is 2. The van der Waals surface area contributed by atoms with Crippen molar-refractivity contribution in [3.8, 4) is 0 Å². The molecular formula is C48H86BaO12. The van der Waals surface area contributed by atoms with E-state index in [4.69, 9.17) is 9.47 Å². The molecule has 61 heavy (non-hydrogen) atoms. The summed E-state index contributed by atoms with van der Waals surface area (Å²) in [4.78, 5) is 67.8. The molecule has 0 aliphatic rings. The third kappa shape index (κ3) is 44.8. The minimum Gasteiger partial charge on any atom is -0.546 e. The molecule has 0 saturated carbocycles. The average molecular weight is 993 g/mol. The van der Waals surface area contributed by atoms with E-state index in [2.05, 4.69) is 23.3 Å². The summed E-state index contributed by atoms with van der Waals surface area (Å²) in [5, 5.41) is 21.1. The average Bonchev–Trinajstić information content (AvgIpc) is 3.20. The number of ether oxygens (including phenoxy) is 4. The van der Waals surface area contributed by atoms with E-state index in [9.17, 15) is 39.0 Å². The first-order valence-corrected chi connectivity index (χ1v) is 24.0. The normalized spacial score (nSPS) is 12.7. The van der Waals surface area contributed by atoms with Gasteiger partial charge in [0.1, 0.15) is 12.2 Å². The number of hydrogen-bond donors (Lipinski definition) is 0. The molecule has 13 heteroatoms. The van der Waals surface area contributed by atoms with Gasteiger partial charge in [-0.15, -0.1) is 0 Å². The summed E-state index contributed by atoms with van der Waals surface area (Å²) in [7, 11) is 0. The SMILES string of the molecule is CCCCCCCCCCCCCCCCCC(=O)OC(C)C(=O)OC(C)C(=O)[O-].CCCCCCCCCCCCCCCCCC(=O)OC(C)C(=O)OC(C)C(=O)[O-].[Ba+2]. The Balaban J connectivity index is -0.00000109. The zero-order valence-corrected chi connectivity index (χ0v) is 44.0. The van der Waals surface area contributed by atoms with Crippen LogP contribution >= 0.6 is 0 Å². The standard InChI is InChI=1S/2C24H44O6.Ba/c2*1-4-5-6-7-8-9-10-11-12-13-14-15-16-17-18-19-22(25)29-21(3)24(28)30-20(2)23(26)27;/h2*20-21H,4-19H2,1-3H3,(H,26,27);/q;;+2/p-2. The molecule has 0 saturated heterocycles. The predicted molar refractivity (Wildman–Crippen MR) is 237 cm³/mol. The minimum atomic E-state index is -1.49. The quantitative estimate of drug-likeness (QED) is 0.0246. The first-order chi connectivity index (χ1) is 28.8. The number of aliphatic carboxylic acids is 2. The Labute approximate surface area is 410 Å². The van der Waals surface area contributed by atoms with Crippen molar-refractivity contribution in [1.82, 2.24) is 0 Å². The molecule has 4 atom stereocenters. The summed E-state index contributed by atoms with van der Waals surface area (Å²) in [6.45, 7) is 9.63. The molecule has 0 amide bonds. The Morgan fingerprint density at radius 2 is 0.525 bits per heavy atom. The molecule has 352 valence electrons. The first-order valence-electron chi connectivity index (χ1n) is 24.0. The van der Waals surface area contributed by atoms with Crippen molar-refractivity contribution in [2.75, 3.05) is 0 Å². The van der Waals surface area contributed by atoms with Crippen molar-refractivity contribution in [3.05, 3.63) is 0 Å². The predicted octanol–water partition coefficient (Wildman–Crippen LogP) is 9.34. The zero-order chi connectivity index (χ0) is 45.2. The van der Waals surface area contributed by atoms with Gasteiger partial charge in [0.25, 0.3) is 0 Å². The molecule has 0 spiro atoms. The van der Waals surface area contributed by atoms with E-state index < -0.39 is 60.2 Å². The van der Waals surface area contributed by atoms with Crippen molar-refractivity contribution in [3.63, 3.8) is 0 Å². The van der Waals surface area contributed by atoms with Crippen LogP contribution in [0.1, 0.15) is 247 Å². The van der Waals surface area contributed by atoms with Gasteiger partial charge in [-0.25, -0.2) is 9.59 Å². The van der Waals surface area contributed by atoms with Gasteiger partial charge < -0.3 is 38.7 Å². The number of hydrogen-bond acceptors (Lipinski definition) is 12. The van der Waals surface area contributed by atoms with E-state index in [1.54, 1.807) is 0 Å². The molecule has 0 aromatic heterocycles. The van der Waals surface area contributed by atoms with Gasteiger partial charge in [0, 0.05) is 12.8 Å². The topological polar surface area (TPSA) is 185 Å². The largest absolute Gasteiger partial charge is 2.00 e. The van der Waals surface area contributed by atoms with Crippen LogP contribution in [0.4, 0.5) is 0 Å². The summed E-state index contributed by atoms with van der Waals surface area (Å²) >= 11 is 0. The maximum Gasteiger partial charge on any atom is 2.00 e. The molecule has 0 aliphatic carbocycles. The fourth-order valence-corrected chi connectivity index (χ4v) is 6.53. The zero-order valence-electron chi connectivity index (χ0n) is 39.5. The molecular weight excluding hydrogens is 906 g/mol. The van der Waals surface area contributed by atoms with E-state index in [-0.39, 0.29) is 61.7 Å². The number of carboxylic acid groups (broad SMARTS) is 2. The smallest absolute Gasteiger partial charge is 0.546 e. The fraction of sp³-hybridized carbons (Fsp3) is 0.875. The third-order valence-electron chi connectivity index (χ3n) is 10.5. The molecule has 4 unspecified atom stereocenters. The van der Waals surface area contributed by atoms with Crippen molar-refractivity contribution >= 4 is 84.7 Å². The maximum absolute atomic E-state index is 11.8. The molecule has 0 rings (SSSR count). The summed E-state index contributed by atoms with van der Waals surface area (Å²) in [6, 6.07) is 0. The van der Waals surface area contributed by atoms with Crippen LogP contribution in [-0.2, 0) is 47.7 Å². The summed E-state index contributed by atoms with van der Waals surface area (Å²) in [5.74, 6) is -5.65. The molecule has 0 fully saturated rings. The second kappa shape index (κ2) is 46.4. The van der Waals surface area contributed by atoms with Crippen molar-refractivity contribution < 1.29 is 57.9 Å². The molecule has 0 aromatic carbocycles. The van der Waals surface area contributed by atoms with Gasteiger partial charge in [-0.05, 0) is 40.5 Å². The molecule has 0 N–H and O–H groups in total. The van der Waals surface area contributed by atoms with E-state index in [0.29, 0.717) is 0 Å². The number of carbonyl (C=O) groups excluding carboxylic acids is 6. The van der Waals surface area contributed by atoms with Crippen LogP contribution in [0.25, 0.3) is 0 Å². The van der Waals surface area contributed by atoms with Gasteiger partial charge in [-0.1, -0.05) is 194 Å². The Kier molecular flexibility index (Phi) is 48.4. The Hall–Kier alpha value is -1.61. The minimum absolute atomic E-state index is 0. The molecule has 0 radical (unpaired) electrons. The van der Waals surface area contributed by atoms with Crippen molar-refractivity contribution in [2.24, 2.45) is 0 Å². The van der Waals surface area contributed by atoms with Gasteiger partial charge in [-0.3, -0.25) is 9.59 Å². The van der Waals surface area contributed by atoms with Gasteiger partial charge in [0.2, 0.25) is 0 Å². The van der Waals surface area contributed by atoms with Gasteiger partial charge in [0.05, 0.1) is 11.9 Å². The number of rotatable bonds is 40. The van der Waals surface area contributed by atoms with Crippen LogP contribution in [-0.4, -0.2) is 109 Å². The van der Waals surface area contributed by atoms with Gasteiger partial charge in [0.15, 0.2) is 12.2 Å². The van der Waals surface area contributed by atoms with Crippen LogP contribution in [0.2, 0.25) is 0 Å². The summed E-state index contributed by atoms with van der Waals surface area (Å²) < 4.78 is 19.2. The molecule has 0 bridgehead atoms. The first kappa shape index (κ1) is 63.7. The summed E-state index contributed by atoms with van der Waals surface area (Å²) in [6.07, 6.45) is 33.2. The van der Waals surface area contributed by atoms with E-state index >= 15 is 0 Å². The maximum atomic E-state index is 11.8. The number of carbonyl (C=O) groups is 6. The van der Waals surface area contributed by atoms with Crippen LogP contribution in [0.3, 0.4) is 0 Å². The van der Waals surface area contributed by atoms with E-state index in [1.807, 2.05) is 0 Å². The number of esters is 4. The second-order valence-electron chi connectivity index (χ2n) is 16.5. The van der Waals surface area contributed by atoms with Crippen LogP contribution in [0.15, 0.2) is 0 Å². The fourth-order valence-electron chi connectivity index (χ4n) is 6.53. The van der Waals surface area contributed by atoms with Crippen LogP contribution in [0.5, 0.6) is 0 Å². The molecule has 0 aromatic rings. The van der Waals surface area contributed by atoms with E-state index in [0.717, 1.165) is 38.5 Å². The molecule has 0 heterocycles. The van der Waals surface area contributed by atoms with Crippen molar-refractivity contribution in [2.45, 2.75) is 271 Å². The van der Waals surface area contributed by atoms with Gasteiger partial charge >= 0.3 is 72.8 Å². The van der Waals surface area contributed by atoms with Crippen LogP contribution < -0.4 is 10.2 Å². The molecule has 12 nitrogen and oxygen atoms in total. The van der Waals surface area contributed by atoms with Crippen molar-refractivity contribution in [1.29, 1.82) is 0 Å². The summed E-state index contributed by atoms with van der Waals surface area (Å²) in [5.41, 5.74) is 0. The Bertz CT molecular complexity index is 1020. The van der Waals surface area contributed by atoms with Crippen LogP contribution in [0, 0.1) is 0 Å². The Morgan fingerprint density at radius 3 is 0.721 bits per heavy atom. The van der Waals surface area contributed by atoms with Gasteiger partial charge in [-0.2, -0.15) is 0 Å². The third-order valence-corrected chi connectivity index (χ3v) is 10.5. The Morgan fingerprint density at radius 1 is 0.328 bits per heavy atom. The monoisotopic (exact) mass is 993 g/mol. The van der Waals surface area contributed by atoms with E-state index in [1.165, 1.54) is 182 Å².